The average molecular weight is 438 g/mol. The third-order valence-corrected chi connectivity index (χ3v) is 4.92. The molecule has 3 aromatic carbocycles. The van der Waals surface area contributed by atoms with Crippen molar-refractivity contribution in [3.05, 3.63) is 88.2 Å². The molecule has 0 unspecified atom stereocenters. The molecular weight excluding hydrogens is 415 g/mol. The van der Waals surface area contributed by atoms with E-state index in [0.717, 1.165) is 0 Å². The second-order valence-electron chi connectivity index (χ2n) is 6.99. The highest BCUT2D eigenvalue weighted by Crippen LogP contribution is 2.34. The Bertz CT molecular complexity index is 1100. The molecule has 0 saturated heterocycles. The molecular formula is C24H23FN2O5. The molecule has 7 nitrogen and oxygen atoms in total. The smallest absolute Gasteiger partial charge is 0.270 e. The number of amides is 1. The van der Waals surface area contributed by atoms with Gasteiger partial charge in [-0.1, -0.05) is 24.3 Å². The van der Waals surface area contributed by atoms with E-state index in [2.05, 4.69) is 0 Å². The minimum Gasteiger partial charge on any atom is -0.497 e. The molecule has 8 heteroatoms. The van der Waals surface area contributed by atoms with Gasteiger partial charge in [0.15, 0.2) is 6.61 Å². The van der Waals surface area contributed by atoms with Crippen LogP contribution in [-0.2, 0) is 11.3 Å². The summed E-state index contributed by atoms with van der Waals surface area (Å²) in [5.41, 5.74) is 1.76. The highest BCUT2D eigenvalue weighted by atomic mass is 19.1. The Morgan fingerprint density at radius 1 is 1.09 bits per heavy atom. The molecule has 0 heterocycles. The molecule has 0 radical (unpaired) electrons. The third kappa shape index (κ3) is 5.60. The number of benzene rings is 3. The number of carbonyl (C=O) groups excluding carboxylic acids is 1. The van der Waals surface area contributed by atoms with Gasteiger partial charge in [0.25, 0.3) is 11.6 Å². The zero-order valence-electron chi connectivity index (χ0n) is 17.8. The van der Waals surface area contributed by atoms with Crippen molar-refractivity contribution in [2.24, 2.45) is 0 Å². The normalized spacial score (nSPS) is 10.5. The summed E-state index contributed by atoms with van der Waals surface area (Å²) in [5, 5.41) is 11.2. The summed E-state index contributed by atoms with van der Waals surface area (Å²) in [6.45, 7) is 2.24. The fourth-order valence-corrected chi connectivity index (χ4v) is 3.22. The Hall–Kier alpha value is -3.94. The van der Waals surface area contributed by atoms with E-state index >= 15 is 0 Å². The van der Waals surface area contributed by atoms with Gasteiger partial charge in [0.2, 0.25) is 0 Å². The van der Waals surface area contributed by atoms with Crippen LogP contribution in [0.3, 0.4) is 0 Å². The first-order chi connectivity index (χ1) is 15.4. The van der Waals surface area contributed by atoms with Crippen molar-refractivity contribution >= 4 is 11.6 Å². The first kappa shape index (κ1) is 22.7. The van der Waals surface area contributed by atoms with Gasteiger partial charge in [-0.25, -0.2) is 4.39 Å². The van der Waals surface area contributed by atoms with E-state index in [1.165, 1.54) is 30.3 Å². The van der Waals surface area contributed by atoms with Crippen molar-refractivity contribution < 1.29 is 23.6 Å². The third-order valence-electron chi connectivity index (χ3n) is 4.92. The molecule has 0 atom stereocenters. The summed E-state index contributed by atoms with van der Waals surface area (Å²) in [4.78, 5) is 25.0. The van der Waals surface area contributed by atoms with Gasteiger partial charge in [-0.05, 0) is 48.4 Å². The highest BCUT2D eigenvalue weighted by molar-refractivity contribution is 5.79. The maximum absolute atomic E-state index is 13.5. The summed E-state index contributed by atoms with van der Waals surface area (Å²) in [6.07, 6.45) is 0. The fraction of sp³-hybridized carbons (Fsp3) is 0.208. The lowest BCUT2D eigenvalue weighted by Gasteiger charge is -2.21. The molecule has 0 spiro atoms. The molecule has 3 aromatic rings. The number of non-ortho nitro benzene ring substituents is 1. The van der Waals surface area contributed by atoms with Crippen LogP contribution in [0.25, 0.3) is 11.1 Å². The van der Waals surface area contributed by atoms with Gasteiger partial charge < -0.3 is 14.4 Å². The number of hydrogen-bond donors (Lipinski definition) is 0. The van der Waals surface area contributed by atoms with E-state index in [4.69, 9.17) is 9.47 Å². The van der Waals surface area contributed by atoms with Crippen LogP contribution in [0.1, 0.15) is 12.5 Å². The van der Waals surface area contributed by atoms with Crippen molar-refractivity contribution in [1.82, 2.24) is 4.90 Å². The zero-order chi connectivity index (χ0) is 23.1. The second-order valence-corrected chi connectivity index (χ2v) is 6.99. The van der Waals surface area contributed by atoms with Crippen molar-refractivity contribution in [3.8, 4) is 22.6 Å². The monoisotopic (exact) mass is 438 g/mol. The van der Waals surface area contributed by atoms with Gasteiger partial charge in [0.05, 0.1) is 12.0 Å². The van der Waals surface area contributed by atoms with Crippen LogP contribution < -0.4 is 9.47 Å². The summed E-state index contributed by atoms with van der Waals surface area (Å²) in [7, 11) is 1.55. The summed E-state index contributed by atoms with van der Waals surface area (Å²) >= 11 is 0. The predicted molar refractivity (Wildman–Crippen MR) is 118 cm³/mol. The standard InChI is InChI=1S/C24H23FN2O5/c1-3-26(15-17-5-4-6-19(25)13-17)24(28)16-32-23-12-9-20(27(29)30)14-22(23)18-7-10-21(31-2)11-8-18/h4-14H,3,15-16H2,1-2H3. The van der Waals surface area contributed by atoms with Crippen LogP contribution in [-0.4, -0.2) is 36.0 Å². The van der Waals surface area contributed by atoms with Crippen LogP contribution in [0, 0.1) is 15.9 Å². The Morgan fingerprint density at radius 2 is 1.84 bits per heavy atom. The highest BCUT2D eigenvalue weighted by Gasteiger charge is 2.17. The summed E-state index contributed by atoms with van der Waals surface area (Å²) in [6, 6.07) is 17.3. The predicted octanol–water partition coefficient (Wildman–Crippen LogP) is 4.84. The quantitative estimate of drug-likeness (QED) is 0.353. The number of methoxy groups -OCH3 is 1. The van der Waals surface area contributed by atoms with Crippen molar-refractivity contribution in [2.45, 2.75) is 13.5 Å². The molecule has 0 bridgehead atoms. The van der Waals surface area contributed by atoms with Gasteiger partial charge in [0.1, 0.15) is 17.3 Å². The zero-order valence-corrected chi connectivity index (χ0v) is 17.8. The number of ether oxygens (including phenoxy) is 2. The molecule has 0 aliphatic heterocycles. The van der Waals surface area contributed by atoms with E-state index < -0.39 is 4.92 Å². The average Bonchev–Trinajstić information content (AvgIpc) is 2.81. The SMILES string of the molecule is CCN(Cc1cccc(F)c1)C(=O)COc1ccc([N+](=O)[O-])cc1-c1ccc(OC)cc1. The van der Waals surface area contributed by atoms with Crippen LogP contribution in [0.15, 0.2) is 66.7 Å². The van der Waals surface area contributed by atoms with Crippen molar-refractivity contribution in [2.75, 3.05) is 20.3 Å². The van der Waals surface area contributed by atoms with E-state index in [1.807, 2.05) is 6.92 Å². The minimum absolute atomic E-state index is 0.0872. The summed E-state index contributed by atoms with van der Waals surface area (Å²) < 4.78 is 24.4. The van der Waals surface area contributed by atoms with Crippen LogP contribution in [0.2, 0.25) is 0 Å². The van der Waals surface area contributed by atoms with Gasteiger partial charge in [0, 0.05) is 30.8 Å². The topological polar surface area (TPSA) is 81.9 Å². The lowest BCUT2D eigenvalue weighted by atomic mass is 10.0. The van der Waals surface area contributed by atoms with Crippen LogP contribution in [0.4, 0.5) is 10.1 Å². The molecule has 0 saturated carbocycles. The Morgan fingerprint density at radius 3 is 2.47 bits per heavy atom. The maximum Gasteiger partial charge on any atom is 0.270 e. The number of hydrogen-bond acceptors (Lipinski definition) is 5. The molecule has 0 N–H and O–H groups in total. The largest absolute Gasteiger partial charge is 0.497 e. The molecule has 1 amide bonds. The number of nitrogens with zero attached hydrogens (tertiary/aromatic N) is 2. The fourth-order valence-electron chi connectivity index (χ4n) is 3.22. The molecule has 166 valence electrons. The second kappa shape index (κ2) is 10.4. The van der Waals surface area contributed by atoms with E-state index in [1.54, 1.807) is 48.4 Å². The van der Waals surface area contributed by atoms with Gasteiger partial charge in [-0.3, -0.25) is 14.9 Å². The van der Waals surface area contributed by atoms with E-state index in [-0.39, 0.29) is 30.6 Å². The number of nitro groups is 1. The van der Waals surface area contributed by atoms with Crippen molar-refractivity contribution in [1.29, 1.82) is 0 Å². The number of nitro benzene ring substituents is 1. The van der Waals surface area contributed by atoms with Crippen LogP contribution >= 0.6 is 0 Å². The van der Waals surface area contributed by atoms with E-state index in [0.29, 0.717) is 34.7 Å². The van der Waals surface area contributed by atoms with Gasteiger partial charge >= 0.3 is 0 Å². The van der Waals surface area contributed by atoms with Gasteiger partial charge in [-0.2, -0.15) is 0 Å². The molecule has 0 aliphatic rings. The molecule has 0 fully saturated rings. The minimum atomic E-state index is -0.486. The van der Waals surface area contributed by atoms with E-state index in [9.17, 15) is 19.3 Å². The Balaban J connectivity index is 1.79. The number of likely N-dealkylation sites (N-methyl/N-ethyl adjacent to an activating group) is 1. The summed E-state index contributed by atoms with van der Waals surface area (Å²) in [5.74, 6) is 0.344. The first-order valence-corrected chi connectivity index (χ1v) is 9.99. The Kier molecular flexibility index (Phi) is 7.38. The Labute approximate surface area is 185 Å². The lowest BCUT2D eigenvalue weighted by Crippen LogP contribution is -2.34. The molecule has 3 rings (SSSR count). The molecule has 0 aromatic heterocycles. The number of carbonyl (C=O) groups is 1. The van der Waals surface area contributed by atoms with Crippen LogP contribution in [0.5, 0.6) is 11.5 Å². The molecule has 32 heavy (non-hydrogen) atoms. The number of halogens is 1. The maximum atomic E-state index is 13.5. The molecule has 0 aliphatic carbocycles. The van der Waals surface area contributed by atoms with Gasteiger partial charge in [-0.15, -0.1) is 0 Å². The van der Waals surface area contributed by atoms with Crippen molar-refractivity contribution in [3.63, 3.8) is 0 Å². The number of rotatable bonds is 9. The first-order valence-electron chi connectivity index (χ1n) is 9.99. The lowest BCUT2D eigenvalue weighted by molar-refractivity contribution is -0.384.